The zero-order chi connectivity index (χ0) is 26.4. The smallest absolute Gasteiger partial charge is 0.338 e. The summed E-state index contributed by atoms with van der Waals surface area (Å²) in [7, 11) is 4.70. The number of hydrogen-bond acceptors (Lipinski definition) is 10. The molecule has 3 heterocycles. The zero-order valence-corrected chi connectivity index (χ0v) is 22.4. The molecule has 1 fully saturated rings. The third-order valence-corrected chi connectivity index (χ3v) is 7.25. The summed E-state index contributed by atoms with van der Waals surface area (Å²) in [5.74, 6) is 0.541. The third-order valence-electron chi connectivity index (χ3n) is 6.37. The van der Waals surface area contributed by atoms with Gasteiger partial charge in [0, 0.05) is 31.5 Å². The van der Waals surface area contributed by atoms with E-state index in [-0.39, 0.29) is 31.6 Å². The van der Waals surface area contributed by atoms with Gasteiger partial charge in [0.2, 0.25) is 5.91 Å². The Balaban J connectivity index is 1.67. The summed E-state index contributed by atoms with van der Waals surface area (Å²) >= 11 is 1.41. The van der Waals surface area contributed by atoms with Gasteiger partial charge in [-0.15, -0.1) is 0 Å². The molecule has 1 aromatic carbocycles. The fourth-order valence-corrected chi connectivity index (χ4v) is 5.50. The van der Waals surface area contributed by atoms with Gasteiger partial charge >= 0.3 is 5.97 Å². The minimum atomic E-state index is -0.639. The summed E-state index contributed by atoms with van der Waals surface area (Å²) in [5.41, 5.74) is 2.31. The van der Waals surface area contributed by atoms with Crippen LogP contribution in [0.4, 0.5) is 0 Å². The van der Waals surface area contributed by atoms with E-state index in [1.807, 2.05) is 16.4 Å². The molecule has 0 radical (unpaired) electrons. The normalized spacial score (nSPS) is 20.8. The number of esters is 1. The van der Waals surface area contributed by atoms with Gasteiger partial charge in [-0.1, -0.05) is 11.8 Å². The number of ether oxygens (including phenoxy) is 5. The average Bonchev–Trinajstić information content (AvgIpc) is 3.56. The number of methoxy groups -OCH3 is 3. The van der Waals surface area contributed by atoms with E-state index in [4.69, 9.17) is 28.7 Å². The second-order valence-electron chi connectivity index (χ2n) is 8.75. The molecule has 0 bridgehead atoms. The summed E-state index contributed by atoms with van der Waals surface area (Å²) in [5, 5.41) is 5.55. The lowest BCUT2D eigenvalue weighted by Gasteiger charge is -2.37. The highest BCUT2D eigenvalue weighted by atomic mass is 32.2. The van der Waals surface area contributed by atoms with Crippen molar-refractivity contribution in [2.75, 3.05) is 47.7 Å². The van der Waals surface area contributed by atoms with Crippen molar-refractivity contribution in [3.05, 3.63) is 46.1 Å². The number of carbonyl (C=O) groups excluding carboxylic acids is 2. The van der Waals surface area contributed by atoms with E-state index < -0.39 is 12.0 Å². The fraction of sp³-hybridized carbons (Fsp3) is 0.500. The van der Waals surface area contributed by atoms with Crippen LogP contribution in [0, 0.1) is 0 Å². The van der Waals surface area contributed by atoms with Crippen LogP contribution in [0.5, 0.6) is 11.5 Å². The van der Waals surface area contributed by atoms with Crippen molar-refractivity contribution in [1.29, 1.82) is 0 Å². The van der Waals surface area contributed by atoms with Crippen molar-refractivity contribution in [2.45, 2.75) is 38.3 Å². The van der Waals surface area contributed by atoms with Gasteiger partial charge in [-0.3, -0.25) is 4.79 Å². The van der Waals surface area contributed by atoms with Crippen LogP contribution >= 0.6 is 11.8 Å². The Morgan fingerprint density at radius 3 is 2.76 bits per heavy atom. The van der Waals surface area contributed by atoms with Crippen molar-refractivity contribution in [3.8, 4) is 11.5 Å². The standard InChI is InChI=1S/C26H33N3O7S/c1-16-23(25(31)36-11-10-32-2)24(20-13-18(33-3)7-8-21(20)34-4)29-17(15-37-26(29)28-16)12-22(30)27-14-19-6-5-9-35-19/h7-8,13,15,19,24H,5-6,9-12,14H2,1-4H3,(H,27,30). The van der Waals surface area contributed by atoms with Crippen LogP contribution in [0.15, 0.2) is 45.6 Å². The van der Waals surface area contributed by atoms with E-state index in [2.05, 4.69) is 5.32 Å². The number of fused-ring (bicyclic) bond motifs is 1. The van der Waals surface area contributed by atoms with Crippen molar-refractivity contribution in [1.82, 2.24) is 10.2 Å². The molecule has 0 aliphatic carbocycles. The first kappa shape index (κ1) is 27.0. The number of carbonyl (C=O) groups is 2. The molecule has 1 N–H and O–H groups in total. The van der Waals surface area contributed by atoms with Gasteiger partial charge in [-0.05, 0) is 43.4 Å². The molecular formula is C26H33N3O7S. The summed E-state index contributed by atoms with van der Waals surface area (Å²) in [6, 6.07) is 4.78. The Labute approximate surface area is 221 Å². The second-order valence-corrected chi connectivity index (χ2v) is 9.58. The van der Waals surface area contributed by atoms with Crippen LogP contribution in [0.3, 0.4) is 0 Å². The van der Waals surface area contributed by atoms with Crippen LogP contribution in [-0.4, -0.2) is 75.7 Å². The quantitative estimate of drug-likeness (QED) is 0.340. The first-order valence-corrected chi connectivity index (χ1v) is 13.1. The number of amides is 1. The highest BCUT2D eigenvalue weighted by Crippen LogP contribution is 2.47. The number of nitrogens with one attached hydrogen (secondary N) is 1. The maximum Gasteiger partial charge on any atom is 0.338 e. The monoisotopic (exact) mass is 531 g/mol. The van der Waals surface area contributed by atoms with E-state index in [0.717, 1.165) is 25.1 Å². The maximum absolute atomic E-state index is 13.4. The van der Waals surface area contributed by atoms with Gasteiger partial charge in [0.1, 0.15) is 18.1 Å². The van der Waals surface area contributed by atoms with E-state index in [1.165, 1.54) is 11.8 Å². The average molecular weight is 532 g/mol. The SMILES string of the molecule is COCCOC(=O)C1=C(C)N=C2SC=C(CC(=O)NCC3CCCO3)N2C1c1cc(OC)ccc1OC. The van der Waals surface area contributed by atoms with Crippen LogP contribution in [0.1, 0.15) is 37.8 Å². The van der Waals surface area contributed by atoms with Gasteiger partial charge in [-0.25, -0.2) is 9.79 Å². The predicted molar refractivity (Wildman–Crippen MR) is 139 cm³/mol. The first-order valence-electron chi connectivity index (χ1n) is 12.2. The number of hydrogen-bond donors (Lipinski definition) is 1. The lowest BCUT2D eigenvalue weighted by molar-refractivity contribution is -0.141. The number of allylic oxidation sites excluding steroid dienone is 1. The molecule has 11 heteroatoms. The summed E-state index contributed by atoms with van der Waals surface area (Å²) in [4.78, 5) is 32.9. The van der Waals surface area contributed by atoms with Gasteiger partial charge in [-0.2, -0.15) is 0 Å². The molecule has 4 rings (SSSR count). The Kier molecular flexibility index (Phi) is 9.12. The number of aliphatic imine (C=N–C) groups is 1. The molecule has 0 aromatic heterocycles. The maximum atomic E-state index is 13.4. The molecule has 3 aliphatic rings. The summed E-state index contributed by atoms with van der Waals surface area (Å²) < 4.78 is 27.4. The summed E-state index contributed by atoms with van der Waals surface area (Å²) in [6.45, 7) is 3.37. The Morgan fingerprint density at radius 2 is 2.05 bits per heavy atom. The van der Waals surface area contributed by atoms with E-state index in [1.54, 1.807) is 40.4 Å². The molecule has 1 amide bonds. The minimum Gasteiger partial charge on any atom is -0.497 e. The summed E-state index contributed by atoms with van der Waals surface area (Å²) in [6.07, 6.45) is 2.12. The molecule has 0 spiro atoms. The highest BCUT2D eigenvalue weighted by molar-refractivity contribution is 8.16. The van der Waals surface area contributed by atoms with Crippen molar-refractivity contribution < 1.29 is 33.3 Å². The lowest BCUT2D eigenvalue weighted by Crippen LogP contribution is -2.39. The Hall–Kier alpha value is -3.02. The minimum absolute atomic E-state index is 0.0517. The molecule has 0 saturated carbocycles. The zero-order valence-electron chi connectivity index (χ0n) is 21.6. The fourth-order valence-electron chi connectivity index (χ4n) is 4.53. The van der Waals surface area contributed by atoms with Crippen LogP contribution in [-0.2, 0) is 23.8 Å². The van der Waals surface area contributed by atoms with Crippen molar-refractivity contribution >= 4 is 28.8 Å². The molecule has 1 aromatic rings. The van der Waals surface area contributed by atoms with Gasteiger partial charge in [0.25, 0.3) is 0 Å². The predicted octanol–water partition coefficient (Wildman–Crippen LogP) is 3.15. The highest BCUT2D eigenvalue weighted by Gasteiger charge is 2.42. The lowest BCUT2D eigenvalue weighted by atomic mass is 9.92. The molecule has 200 valence electrons. The molecule has 3 aliphatic heterocycles. The largest absolute Gasteiger partial charge is 0.497 e. The van der Waals surface area contributed by atoms with E-state index >= 15 is 0 Å². The van der Waals surface area contributed by atoms with Crippen LogP contribution in [0.2, 0.25) is 0 Å². The molecular weight excluding hydrogens is 498 g/mol. The third kappa shape index (κ3) is 6.11. The van der Waals surface area contributed by atoms with E-state index in [9.17, 15) is 9.59 Å². The molecule has 1 saturated heterocycles. The molecule has 10 nitrogen and oxygen atoms in total. The molecule has 2 atom stereocenters. The van der Waals surface area contributed by atoms with Crippen LogP contribution < -0.4 is 14.8 Å². The number of benzene rings is 1. The first-order chi connectivity index (χ1) is 18.0. The number of rotatable bonds is 11. The molecule has 37 heavy (non-hydrogen) atoms. The van der Waals surface area contributed by atoms with Crippen molar-refractivity contribution in [3.63, 3.8) is 0 Å². The van der Waals surface area contributed by atoms with Crippen LogP contribution in [0.25, 0.3) is 0 Å². The topological polar surface area (TPSA) is 108 Å². The van der Waals surface area contributed by atoms with Crippen molar-refractivity contribution in [2.24, 2.45) is 4.99 Å². The Morgan fingerprint density at radius 1 is 1.22 bits per heavy atom. The van der Waals surface area contributed by atoms with Gasteiger partial charge < -0.3 is 33.9 Å². The van der Waals surface area contributed by atoms with E-state index in [0.29, 0.717) is 40.0 Å². The Bertz CT molecular complexity index is 1110. The number of nitrogens with zero attached hydrogens (tertiary/aromatic N) is 2. The van der Waals surface area contributed by atoms with Gasteiger partial charge in [0.05, 0.1) is 50.7 Å². The molecule has 2 unspecified atom stereocenters. The number of thioether (sulfide) groups is 1. The number of amidine groups is 1. The second kappa shape index (κ2) is 12.5. The van der Waals surface area contributed by atoms with Gasteiger partial charge in [0.15, 0.2) is 5.17 Å².